The summed E-state index contributed by atoms with van der Waals surface area (Å²) in [6, 6.07) is 0. The summed E-state index contributed by atoms with van der Waals surface area (Å²) in [4.78, 5) is 10.5. The number of rotatable bonds is 13. The minimum Gasteiger partial charge on any atom is -0.298 e. The smallest absolute Gasteiger partial charge is 0.145 e. The molecular weight excluding hydrogens is 244 g/mol. The van der Waals surface area contributed by atoms with Gasteiger partial charge in [-0.15, -0.1) is 0 Å². The lowest BCUT2D eigenvalue weighted by molar-refractivity contribution is -0.105. The van der Waals surface area contributed by atoms with Crippen LogP contribution in [-0.2, 0) is 4.79 Å². The maximum Gasteiger partial charge on any atom is 0.145 e. The minimum atomic E-state index is 0.746. The molecule has 0 spiro atoms. The average molecular weight is 280 g/mol. The average Bonchev–Trinajstić information content (AvgIpc) is 2.38. The van der Waals surface area contributed by atoms with E-state index in [0.717, 1.165) is 42.5 Å². The number of hydrogen-bond acceptors (Lipinski definition) is 1. The van der Waals surface area contributed by atoms with Crippen LogP contribution in [0, 0.1) is 17.8 Å². The van der Waals surface area contributed by atoms with Crippen LogP contribution in [0.3, 0.4) is 0 Å². The standard InChI is InChI=1S/C19H36O/c1-16(2)9-6-10-17(3)11-7-12-18(4)13-8-14-19(5)15-20/h15-18H,5-14H2,1-4H3/t17-,18-/m1/s1. The summed E-state index contributed by atoms with van der Waals surface area (Å²) in [5, 5.41) is 0. The van der Waals surface area contributed by atoms with Gasteiger partial charge in [-0.3, -0.25) is 4.79 Å². The van der Waals surface area contributed by atoms with Crippen LogP contribution in [-0.4, -0.2) is 6.29 Å². The SMILES string of the molecule is C=C(C=O)CCC[C@H](C)CCC[C@H](C)CCCC(C)C. The van der Waals surface area contributed by atoms with Crippen LogP contribution in [0.15, 0.2) is 12.2 Å². The van der Waals surface area contributed by atoms with Crippen molar-refractivity contribution in [2.75, 3.05) is 0 Å². The van der Waals surface area contributed by atoms with Gasteiger partial charge in [-0.25, -0.2) is 0 Å². The number of hydrogen-bond donors (Lipinski definition) is 0. The lowest BCUT2D eigenvalue weighted by Crippen LogP contribution is -2.00. The summed E-state index contributed by atoms with van der Waals surface area (Å²) in [5.41, 5.74) is 0.746. The van der Waals surface area contributed by atoms with E-state index in [1.807, 2.05) is 0 Å². The molecule has 2 atom stereocenters. The molecule has 0 amide bonds. The Morgan fingerprint density at radius 2 is 1.30 bits per heavy atom. The molecule has 0 aromatic carbocycles. The molecule has 0 heterocycles. The van der Waals surface area contributed by atoms with E-state index >= 15 is 0 Å². The zero-order chi connectivity index (χ0) is 15.4. The van der Waals surface area contributed by atoms with Crippen molar-refractivity contribution in [3.8, 4) is 0 Å². The van der Waals surface area contributed by atoms with Crippen molar-refractivity contribution < 1.29 is 4.79 Å². The Kier molecular flexibility index (Phi) is 11.8. The molecule has 0 N–H and O–H groups in total. The van der Waals surface area contributed by atoms with Crippen LogP contribution in [0.4, 0.5) is 0 Å². The van der Waals surface area contributed by atoms with E-state index in [0.29, 0.717) is 0 Å². The van der Waals surface area contributed by atoms with Gasteiger partial charge in [0.1, 0.15) is 6.29 Å². The first kappa shape index (κ1) is 19.4. The second kappa shape index (κ2) is 12.2. The van der Waals surface area contributed by atoms with Crippen molar-refractivity contribution in [3.63, 3.8) is 0 Å². The van der Waals surface area contributed by atoms with E-state index < -0.39 is 0 Å². The molecule has 0 aliphatic rings. The molecule has 20 heavy (non-hydrogen) atoms. The van der Waals surface area contributed by atoms with Crippen molar-refractivity contribution in [2.45, 2.75) is 85.5 Å². The van der Waals surface area contributed by atoms with E-state index in [1.165, 1.54) is 44.9 Å². The molecule has 118 valence electrons. The van der Waals surface area contributed by atoms with Crippen LogP contribution < -0.4 is 0 Å². The van der Waals surface area contributed by atoms with Gasteiger partial charge < -0.3 is 0 Å². The topological polar surface area (TPSA) is 17.1 Å². The van der Waals surface area contributed by atoms with Gasteiger partial charge in [-0.05, 0) is 36.2 Å². The summed E-state index contributed by atoms with van der Waals surface area (Å²) < 4.78 is 0. The first-order chi connectivity index (χ1) is 9.45. The summed E-state index contributed by atoms with van der Waals surface area (Å²) in [5.74, 6) is 2.52. The van der Waals surface area contributed by atoms with E-state index in [2.05, 4.69) is 34.3 Å². The predicted molar refractivity (Wildman–Crippen MR) is 89.9 cm³/mol. The molecule has 0 aromatic rings. The lowest BCUT2D eigenvalue weighted by Gasteiger charge is -2.15. The molecule has 0 fully saturated rings. The molecule has 1 heteroatoms. The summed E-state index contributed by atoms with van der Waals surface area (Å²) in [7, 11) is 0. The highest BCUT2D eigenvalue weighted by Gasteiger charge is 2.06. The van der Waals surface area contributed by atoms with Gasteiger partial charge in [-0.1, -0.05) is 79.2 Å². The number of aldehydes is 1. The Labute approximate surface area is 127 Å². The monoisotopic (exact) mass is 280 g/mol. The van der Waals surface area contributed by atoms with Gasteiger partial charge in [0.05, 0.1) is 0 Å². The van der Waals surface area contributed by atoms with Crippen molar-refractivity contribution in [2.24, 2.45) is 17.8 Å². The second-order valence-corrected chi connectivity index (χ2v) is 7.13. The van der Waals surface area contributed by atoms with Crippen LogP contribution in [0.5, 0.6) is 0 Å². The van der Waals surface area contributed by atoms with Crippen molar-refractivity contribution >= 4 is 6.29 Å². The summed E-state index contributed by atoms with van der Waals surface area (Å²) in [6.07, 6.45) is 12.3. The highest BCUT2D eigenvalue weighted by Crippen LogP contribution is 2.21. The van der Waals surface area contributed by atoms with Crippen LogP contribution in [0.2, 0.25) is 0 Å². The quantitative estimate of drug-likeness (QED) is 0.291. The number of carbonyl (C=O) groups excluding carboxylic acids is 1. The fourth-order valence-corrected chi connectivity index (χ4v) is 2.71. The lowest BCUT2D eigenvalue weighted by atomic mass is 9.91. The largest absolute Gasteiger partial charge is 0.298 e. The maximum absolute atomic E-state index is 10.5. The highest BCUT2D eigenvalue weighted by atomic mass is 16.1. The fraction of sp³-hybridized carbons (Fsp3) is 0.842. The van der Waals surface area contributed by atoms with Crippen molar-refractivity contribution in [1.29, 1.82) is 0 Å². The molecule has 0 rings (SSSR count). The Morgan fingerprint density at radius 1 is 0.850 bits per heavy atom. The molecule has 0 unspecified atom stereocenters. The third kappa shape index (κ3) is 12.4. The highest BCUT2D eigenvalue weighted by molar-refractivity contribution is 5.71. The Morgan fingerprint density at radius 3 is 1.75 bits per heavy atom. The molecule has 0 saturated heterocycles. The zero-order valence-corrected chi connectivity index (χ0v) is 14.3. The van der Waals surface area contributed by atoms with E-state index in [9.17, 15) is 4.79 Å². The number of carbonyl (C=O) groups is 1. The molecule has 0 saturated carbocycles. The van der Waals surface area contributed by atoms with Crippen molar-refractivity contribution in [1.82, 2.24) is 0 Å². The number of allylic oxidation sites excluding steroid dienone is 1. The first-order valence-corrected chi connectivity index (χ1v) is 8.58. The fourth-order valence-electron chi connectivity index (χ4n) is 2.71. The maximum atomic E-state index is 10.5. The predicted octanol–water partition coefficient (Wildman–Crippen LogP) is 6.18. The van der Waals surface area contributed by atoms with Gasteiger partial charge in [-0.2, -0.15) is 0 Å². The van der Waals surface area contributed by atoms with Crippen molar-refractivity contribution in [3.05, 3.63) is 12.2 Å². The third-order valence-electron chi connectivity index (χ3n) is 4.23. The third-order valence-corrected chi connectivity index (χ3v) is 4.23. The van der Waals surface area contributed by atoms with Crippen LogP contribution in [0.25, 0.3) is 0 Å². The second-order valence-electron chi connectivity index (χ2n) is 7.13. The molecular formula is C19H36O. The Hall–Kier alpha value is -0.590. The van der Waals surface area contributed by atoms with Gasteiger partial charge in [0.15, 0.2) is 0 Å². The van der Waals surface area contributed by atoms with E-state index in [1.54, 1.807) is 0 Å². The van der Waals surface area contributed by atoms with Gasteiger partial charge in [0.25, 0.3) is 0 Å². The molecule has 0 aromatic heterocycles. The summed E-state index contributed by atoms with van der Waals surface area (Å²) >= 11 is 0. The van der Waals surface area contributed by atoms with Gasteiger partial charge in [0.2, 0.25) is 0 Å². The van der Waals surface area contributed by atoms with Crippen LogP contribution in [0.1, 0.15) is 85.5 Å². The van der Waals surface area contributed by atoms with Crippen LogP contribution >= 0.6 is 0 Å². The van der Waals surface area contributed by atoms with Gasteiger partial charge in [0, 0.05) is 0 Å². The molecule has 0 bridgehead atoms. The molecule has 0 radical (unpaired) electrons. The van der Waals surface area contributed by atoms with Gasteiger partial charge >= 0.3 is 0 Å². The normalized spacial score (nSPS) is 14.2. The summed E-state index contributed by atoms with van der Waals surface area (Å²) in [6.45, 7) is 13.1. The first-order valence-electron chi connectivity index (χ1n) is 8.58. The van der Waals surface area contributed by atoms with E-state index in [4.69, 9.17) is 0 Å². The Balaban J connectivity index is 3.47. The van der Waals surface area contributed by atoms with E-state index in [-0.39, 0.29) is 0 Å². The zero-order valence-electron chi connectivity index (χ0n) is 14.3. The molecule has 1 nitrogen and oxygen atoms in total. The molecule has 0 aliphatic carbocycles. The Bertz CT molecular complexity index is 254. The minimum absolute atomic E-state index is 0.746. The molecule has 0 aliphatic heterocycles.